The van der Waals surface area contributed by atoms with Crippen molar-refractivity contribution >= 4 is 28.1 Å². The van der Waals surface area contributed by atoms with E-state index in [0.29, 0.717) is 18.3 Å². The summed E-state index contributed by atoms with van der Waals surface area (Å²) in [6.45, 7) is 1.27. The molecule has 0 radical (unpaired) electrons. The van der Waals surface area contributed by atoms with Crippen molar-refractivity contribution < 1.29 is 9.53 Å². The van der Waals surface area contributed by atoms with Gasteiger partial charge >= 0.3 is 0 Å². The summed E-state index contributed by atoms with van der Waals surface area (Å²) >= 11 is 1.33. The third kappa shape index (κ3) is 3.07. The molecule has 3 aromatic rings. The average molecular weight is 351 g/mol. The lowest BCUT2D eigenvalue weighted by atomic mass is 10.1. The quantitative estimate of drug-likeness (QED) is 0.702. The first-order valence-corrected chi connectivity index (χ1v) is 8.52. The first kappa shape index (κ1) is 15.6. The molecule has 0 aliphatic carbocycles. The molecule has 0 bridgehead atoms. The van der Waals surface area contributed by atoms with Gasteiger partial charge in [-0.25, -0.2) is 4.98 Å². The van der Waals surface area contributed by atoms with Crippen molar-refractivity contribution in [3.8, 4) is 11.3 Å². The second-order valence-electron chi connectivity index (χ2n) is 5.58. The highest BCUT2D eigenvalue weighted by atomic mass is 32.1. The predicted octanol–water partition coefficient (Wildman–Crippen LogP) is 4.49. The highest BCUT2D eigenvalue weighted by Crippen LogP contribution is 2.30. The van der Waals surface area contributed by atoms with E-state index in [0.717, 1.165) is 11.3 Å². The molecule has 2 aromatic carbocycles. The number of thiazole rings is 1. The fraction of sp³-hybridized carbons (Fsp3) is 0.111. The standard InChI is InChI=1S/C18H13N3O3S/c22-17(14-3-1-2-4-15(14)21-23)20-18-19-16(10-25-18)11-5-6-12-8-24-9-13(12)7-11/h1-7,10H,8-9H2,(H,19,20,22). The van der Waals surface area contributed by atoms with Crippen LogP contribution in [0.2, 0.25) is 0 Å². The summed E-state index contributed by atoms with van der Waals surface area (Å²) in [5, 5.41) is 7.96. The van der Waals surface area contributed by atoms with Crippen LogP contribution in [0.15, 0.2) is 53.0 Å². The van der Waals surface area contributed by atoms with E-state index < -0.39 is 5.91 Å². The molecule has 0 saturated heterocycles. The van der Waals surface area contributed by atoms with Gasteiger partial charge in [0.15, 0.2) is 5.13 Å². The van der Waals surface area contributed by atoms with Crippen molar-refractivity contribution in [2.24, 2.45) is 5.18 Å². The highest BCUT2D eigenvalue weighted by molar-refractivity contribution is 7.14. The molecule has 0 unspecified atom stereocenters. The van der Waals surface area contributed by atoms with Crippen LogP contribution in [0, 0.1) is 4.91 Å². The molecular weight excluding hydrogens is 338 g/mol. The molecule has 0 fully saturated rings. The van der Waals surface area contributed by atoms with Crippen molar-refractivity contribution in [1.29, 1.82) is 0 Å². The Balaban J connectivity index is 1.55. The van der Waals surface area contributed by atoms with Gasteiger partial charge in [-0.3, -0.25) is 10.1 Å². The lowest BCUT2D eigenvalue weighted by Crippen LogP contribution is -2.11. The Morgan fingerprint density at radius 3 is 2.88 bits per heavy atom. The lowest BCUT2D eigenvalue weighted by Gasteiger charge is -2.03. The van der Waals surface area contributed by atoms with Crippen LogP contribution in [-0.2, 0) is 18.0 Å². The maximum absolute atomic E-state index is 12.3. The molecule has 0 spiro atoms. The number of benzene rings is 2. The van der Waals surface area contributed by atoms with Crippen LogP contribution < -0.4 is 5.32 Å². The number of amides is 1. The summed E-state index contributed by atoms with van der Waals surface area (Å²) in [5.74, 6) is -0.404. The number of nitrogens with zero attached hydrogens (tertiary/aromatic N) is 2. The number of carbonyl (C=O) groups excluding carboxylic acids is 1. The Bertz CT molecular complexity index is 968. The van der Waals surface area contributed by atoms with Gasteiger partial charge < -0.3 is 4.74 Å². The smallest absolute Gasteiger partial charge is 0.259 e. The van der Waals surface area contributed by atoms with E-state index in [1.54, 1.807) is 18.2 Å². The van der Waals surface area contributed by atoms with Gasteiger partial charge in [0.2, 0.25) is 0 Å². The summed E-state index contributed by atoms with van der Waals surface area (Å²) in [6, 6.07) is 12.5. The number of nitrogens with one attached hydrogen (secondary N) is 1. The second kappa shape index (κ2) is 6.54. The molecule has 1 aliphatic heterocycles. The number of nitroso groups, excluding NO2 is 1. The Morgan fingerprint density at radius 1 is 1.16 bits per heavy atom. The van der Waals surface area contributed by atoms with Gasteiger partial charge in [0, 0.05) is 10.9 Å². The van der Waals surface area contributed by atoms with E-state index >= 15 is 0 Å². The molecule has 1 aliphatic rings. The molecule has 1 amide bonds. The third-order valence-electron chi connectivity index (χ3n) is 3.99. The summed E-state index contributed by atoms with van der Waals surface area (Å²) in [7, 11) is 0. The van der Waals surface area contributed by atoms with E-state index in [4.69, 9.17) is 4.74 Å². The van der Waals surface area contributed by atoms with Gasteiger partial charge in [-0.15, -0.1) is 16.2 Å². The molecule has 2 heterocycles. The molecule has 6 nitrogen and oxygen atoms in total. The molecular formula is C18H13N3O3S. The normalized spacial score (nSPS) is 12.6. The number of hydrogen-bond donors (Lipinski definition) is 1. The maximum atomic E-state index is 12.3. The largest absolute Gasteiger partial charge is 0.372 e. The maximum Gasteiger partial charge on any atom is 0.259 e. The van der Waals surface area contributed by atoms with Gasteiger partial charge in [0.05, 0.1) is 24.5 Å². The lowest BCUT2D eigenvalue weighted by molar-refractivity contribution is 0.102. The zero-order valence-electron chi connectivity index (χ0n) is 13.1. The number of aromatic nitrogens is 1. The van der Waals surface area contributed by atoms with Crippen LogP contribution in [0.1, 0.15) is 21.5 Å². The van der Waals surface area contributed by atoms with Crippen molar-refractivity contribution in [1.82, 2.24) is 4.98 Å². The summed E-state index contributed by atoms with van der Waals surface area (Å²) in [5.41, 5.74) is 4.47. The summed E-state index contributed by atoms with van der Waals surface area (Å²) < 4.78 is 5.43. The van der Waals surface area contributed by atoms with Crippen LogP contribution in [0.5, 0.6) is 0 Å². The van der Waals surface area contributed by atoms with Gasteiger partial charge in [0.25, 0.3) is 5.91 Å². The van der Waals surface area contributed by atoms with Crippen molar-refractivity contribution in [3.63, 3.8) is 0 Å². The number of carbonyl (C=O) groups is 1. The highest BCUT2D eigenvalue weighted by Gasteiger charge is 2.16. The molecule has 124 valence electrons. The van der Waals surface area contributed by atoms with E-state index in [1.165, 1.54) is 28.5 Å². The predicted molar refractivity (Wildman–Crippen MR) is 95.9 cm³/mol. The average Bonchev–Trinajstić information content (AvgIpc) is 3.30. The fourth-order valence-electron chi connectivity index (χ4n) is 2.70. The second-order valence-corrected chi connectivity index (χ2v) is 6.43. The Kier molecular flexibility index (Phi) is 4.09. The van der Waals surface area contributed by atoms with E-state index in [-0.39, 0.29) is 11.3 Å². The van der Waals surface area contributed by atoms with Crippen LogP contribution in [-0.4, -0.2) is 10.9 Å². The van der Waals surface area contributed by atoms with Crippen LogP contribution in [0.25, 0.3) is 11.3 Å². The minimum absolute atomic E-state index is 0.107. The van der Waals surface area contributed by atoms with Gasteiger partial charge in [0.1, 0.15) is 5.69 Å². The Morgan fingerprint density at radius 2 is 2.00 bits per heavy atom. The molecule has 1 N–H and O–H groups in total. The molecule has 25 heavy (non-hydrogen) atoms. The zero-order chi connectivity index (χ0) is 17.2. The molecule has 0 saturated carbocycles. The molecule has 7 heteroatoms. The summed E-state index contributed by atoms with van der Waals surface area (Å²) in [6.07, 6.45) is 0. The third-order valence-corrected chi connectivity index (χ3v) is 4.75. The van der Waals surface area contributed by atoms with E-state index in [9.17, 15) is 9.70 Å². The van der Waals surface area contributed by atoms with Crippen molar-refractivity contribution in [3.05, 3.63) is 69.4 Å². The number of anilines is 1. The summed E-state index contributed by atoms with van der Waals surface area (Å²) in [4.78, 5) is 27.6. The van der Waals surface area contributed by atoms with Crippen LogP contribution >= 0.6 is 11.3 Å². The van der Waals surface area contributed by atoms with Crippen molar-refractivity contribution in [2.45, 2.75) is 13.2 Å². The Labute approximate surface area is 147 Å². The first-order chi connectivity index (χ1) is 12.2. The van der Waals surface area contributed by atoms with Gasteiger partial charge in [-0.1, -0.05) is 24.3 Å². The van der Waals surface area contributed by atoms with E-state index in [1.807, 2.05) is 17.5 Å². The molecule has 4 rings (SSSR count). The number of hydrogen-bond acceptors (Lipinski definition) is 6. The van der Waals surface area contributed by atoms with Gasteiger partial charge in [-0.2, -0.15) is 0 Å². The van der Waals surface area contributed by atoms with E-state index in [2.05, 4.69) is 21.5 Å². The first-order valence-electron chi connectivity index (χ1n) is 7.64. The number of fused-ring (bicyclic) bond motifs is 1. The van der Waals surface area contributed by atoms with Crippen LogP contribution in [0.3, 0.4) is 0 Å². The van der Waals surface area contributed by atoms with Crippen LogP contribution in [0.4, 0.5) is 10.8 Å². The molecule has 0 atom stereocenters. The zero-order valence-corrected chi connectivity index (χ0v) is 13.9. The number of rotatable bonds is 4. The topological polar surface area (TPSA) is 80.7 Å². The van der Waals surface area contributed by atoms with Crippen molar-refractivity contribution in [2.75, 3.05) is 5.32 Å². The SMILES string of the molecule is O=Nc1ccccc1C(=O)Nc1nc(-c2ccc3c(c2)COC3)cs1. The fourth-order valence-corrected chi connectivity index (χ4v) is 3.42. The number of ether oxygens (including phenoxy) is 1. The minimum atomic E-state index is -0.404. The van der Waals surface area contributed by atoms with Gasteiger partial charge in [-0.05, 0) is 34.5 Å². The minimum Gasteiger partial charge on any atom is -0.372 e. The monoisotopic (exact) mass is 351 g/mol. The Hall–Kier alpha value is -2.90. The molecule has 1 aromatic heterocycles.